The lowest BCUT2D eigenvalue weighted by atomic mass is 10.3. The van der Waals surface area contributed by atoms with Crippen LogP contribution in [-0.2, 0) is 22.5 Å². The molecule has 0 saturated heterocycles. The molecule has 0 fully saturated rings. The van der Waals surface area contributed by atoms with Crippen molar-refractivity contribution in [1.29, 1.82) is 0 Å². The Hall–Kier alpha value is -1.21. The molecule has 0 saturated carbocycles. The van der Waals surface area contributed by atoms with Gasteiger partial charge < -0.3 is 14.6 Å². The predicted molar refractivity (Wildman–Crippen MR) is 66.3 cm³/mol. The molecule has 0 unspecified atom stereocenters. The van der Waals surface area contributed by atoms with Gasteiger partial charge in [-0.2, -0.15) is 5.10 Å². The standard InChI is InChI=1S/C10H18N4O2S/c1-3-8-12-13-10(17)14(8)6-4-9(15)11-5-7-16-2/h3-7H2,1-2H3,(H,11,15)(H,13,17). The molecule has 0 aromatic carbocycles. The summed E-state index contributed by atoms with van der Waals surface area (Å²) in [6.45, 7) is 3.61. The van der Waals surface area contributed by atoms with Crippen molar-refractivity contribution in [3.8, 4) is 0 Å². The van der Waals surface area contributed by atoms with Crippen molar-refractivity contribution in [1.82, 2.24) is 20.1 Å². The highest BCUT2D eigenvalue weighted by atomic mass is 32.1. The monoisotopic (exact) mass is 258 g/mol. The Labute approximate surface area is 105 Å². The van der Waals surface area contributed by atoms with Gasteiger partial charge in [0.2, 0.25) is 5.91 Å². The molecule has 0 spiro atoms. The number of aromatic nitrogens is 3. The Morgan fingerprint density at radius 2 is 2.41 bits per heavy atom. The molecule has 96 valence electrons. The molecule has 1 rings (SSSR count). The fourth-order valence-corrected chi connectivity index (χ4v) is 1.69. The predicted octanol–water partition coefficient (Wildman–Crippen LogP) is 0.656. The number of aryl methyl sites for hydroxylation is 1. The zero-order chi connectivity index (χ0) is 12.7. The number of hydrogen-bond acceptors (Lipinski definition) is 4. The maximum absolute atomic E-state index is 11.5. The molecule has 1 amide bonds. The largest absolute Gasteiger partial charge is 0.383 e. The van der Waals surface area contributed by atoms with Crippen LogP contribution < -0.4 is 5.32 Å². The van der Waals surface area contributed by atoms with Crippen molar-refractivity contribution < 1.29 is 9.53 Å². The molecule has 0 radical (unpaired) electrons. The van der Waals surface area contributed by atoms with Crippen LogP contribution in [0.5, 0.6) is 0 Å². The van der Waals surface area contributed by atoms with E-state index >= 15 is 0 Å². The number of nitrogens with zero attached hydrogens (tertiary/aromatic N) is 2. The van der Waals surface area contributed by atoms with Crippen molar-refractivity contribution >= 4 is 18.1 Å². The SMILES string of the molecule is CCc1n[nH]c(=S)n1CCC(=O)NCCOC. The zero-order valence-electron chi connectivity index (χ0n) is 10.2. The van der Waals surface area contributed by atoms with Crippen LogP contribution in [0, 0.1) is 4.77 Å². The lowest BCUT2D eigenvalue weighted by Gasteiger charge is -2.06. The minimum Gasteiger partial charge on any atom is -0.383 e. The third-order valence-electron chi connectivity index (χ3n) is 2.34. The van der Waals surface area contributed by atoms with Crippen molar-refractivity contribution in [3.05, 3.63) is 10.6 Å². The molecular weight excluding hydrogens is 240 g/mol. The first-order chi connectivity index (χ1) is 8.19. The second-order valence-electron chi connectivity index (χ2n) is 3.54. The number of H-pyrrole nitrogens is 1. The Bertz CT molecular complexity index is 413. The van der Waals surface area contributed by atoms with Crippen LogP contribution >= 0.6 is 12.2 Å². The lowest BCUT2D eigenvalue weighted by molar-refractivity contribution is -0.121. The number of methoxy groups -OCH3 is 1. The molecule has 17 heavy (non-hydrogen) atoms. The minimum atomic E-state index is -0.00722. The van der Waals surface area contributed by atoms with Gasteiger partial charge in [0.15, 0.2) is 4.77 Å². The number of aromatic amines is 1. The first kappa shape index (κ1) is 13.9. The van der Waals surface area contributed by atoms with Crippen molar-refractivity contribution in [2.24, 2.45) is 0 Å². The molecule has 1 heterocycles. The number of hydrogen-bond donors (Lipinski definition) is 2. The van der Waals surface area contributed by atoms with E-state index in [9.17, 15) is 4.79 Å². The number of amides is 1. The molecule has 0 bridgehead atoms. The summed E-state index contributed by atoms with van der Waals surface area (Å²) in [5.41, 5.74) is 0. The van der Waals surface area contributed by atoms with E-state index in [1.807, 2.05) is 11.5 Å². The van der Waals surface area contributed by atoms with Crippen molar-refractivity contribution in [2.75, 3.05) is 20.3 Å². The summed E-state index contributed by atoms with van der Waals surface area (Å²) < 4.78 is 7.26. The van der Waals surface area contributed by atoms with Crippen LogP contribution in [-0.4, -0.2) is 40.9 Å². The minimum absolute atomic E-state index is 0.00722. The molecule has 0 aliphatic heterocycles. The van der Waals surface area contributed by atoms with Crippen LogP contribution in [0.4, 0.5) is 0 Å². The van der Waals surface area contributed by atoms with Gasteiger partial charge in [-0.1, -0.05) is 6.92 Å². The molecule has 0 aliphatic carbocycles. The van der Waals surface area contributed by atoms with E-state index in [0.717, 1.165) is 12.2 Å². The van der Waals surface area contributed by atoms with Gasteiger partial charge in [-0.05, 0) is 12.2 Å². The average molecular weight is 258 g/mol. The van der Waals surface area contributed by atoms with Gasteiger partial charge in [-0.15, -0.1) is 0 Å². The molecule has 2 N–H and O–H groups in total. The maximum Gasteiger partial charge on any atom is 0.221 e. The third-order valence-corrected chi connectivity index (χ3v) is 2.66. The van der Waals surface area contributed by atoms with E-state index < -0.39 is 0 Å². The number of carbonyl (C=O) groups excluding carboxylic acids is 1. The molecule has 1 aromatic rings. The summed E-state index contributed by atoms with van der Waals surface area (Å²) in [5, 5.41) is 9.57. The van der Waals surface area contributed by atoms with Crippen LogP contribution in [0.3, 0.4) is 0 Å². The van der Waals surface area contributed by atoms with E-state index in [-0.39, 0.29) is 5.91 Å². The van der Waals surface area contributed by atoms with Gasteiger partial charge in [-0.25, -0.2) is 0 Å². The van der Waals surface area contributed by atoms with Crippen LogP contribution in [0.25, 0.3) is 0 Å². The number of nitrogens with one attached hydrogen (secondary N) is 2. The highest BCUT2D eigenvalue weighted by Crippen LogP contribution is 2.00. The Kier molecular flexibility index (Phi) is 5.85. The van der Waals surface area contributed by atoms with E-state index in [0.29, 0.717) is 30.9 Å². The van der Waals surface area contributed by atoms with Crippen molar-refractivity contribution in [3.63, 3.8) is 0 Å². The Morgan fingerprint density at radius 3 is 3.06 bits per heavy atom. The van der Waals surface area contributed by atoms with E-state index in [4.69, 9.17) is 17.0 Å². The summed E-state index contributed by atoms with van der Waals surface area (Å²) in [6.07, 6.45) is 1.18. The third kappa shape index (κ3) is 4.27. The highest BCUT2D eigenvalue weighted by molar-refractivity contribution is 7.71. The topological polar surface area (TPSA) is 71.9 Å². The van der Waals surface area contributed by atoms with Gasteiger partial charge in [-0.3, -0.25) is 9.89 Å². The van der Waals surface area contributed by atoms with Crippen LogP contribution in [0.1, 0.15) is 19.2 Å². The van der Waals surface area contributed by atoms with Crippen molar-refractivity contribution in [2.45, 2.75) is 26.3 Å². The van der Waals surface area contributed by atoms with Gasteiger partial charge in [0.1, 0.15) is 5.82 Å². The second-order valence-corrected chi connectivity index (χ2v) is 3.93. The molecule has 7 heteroatoms. The normalized spacial score (nSPS) is 10.5. The zero-order valence-corrected chi connectivity index (χ0v) is 11.0. The molecular formula is C10H18N4O2S. The summed E-state index contributed by atoms with van der Waals surface area (Å²) >= 11 is 5.09. The fourth-order valence-electron chi connectivity index (χ4n) is 1.45. The van der Waals surface area contributed by atoms with Crippen LogP contribution in [0.2, 0.25) is 0 Å². The highest BCUT2D eigenvalue weighted by Gasteiger charge is 2.06. The summed E-state index contributed by atoms with van der Waals surface area (Å²) in [7, 11) is 1.60. The summed E-state index contributed by atoms with van der Waals surface area (Å²) in [6, 6.07) is 0. The van der Waals surface area contributed by atoms with Gasteiger partial charge >= 0.3 is 0 Å². The maximum atomic E-state index is 11.5. The number of carbonyl (C=O) groups is 1. The first-order valence-corrected chi connectivity index (χ1v) is 5.99. The number of rotatable bonds is 7. The van der Waals surface area contributed by atoms with Gasteiger partial charge in [0.25, 0.3) is 0 Å². The fraction of sp³-hybridized carbons (Fsp3) is 0.700. The van der Waals surface area contributed by atoms with Gasteiger partial charge in [0, 0.05) is 33.0 Å². The molecule has 0 aliphatic rings. The molecule has 1 aromatic heterocycles. The first-order valence-electron chi connectivity index (χ1n) is 5.58. The van der Waals surface area contributed by atoms with E-state index in [2.05, 4.69) is 15.5 Å². The Morgan fingerprint density at radius 1 is 1.65 bits per heavy atom. The van der Waals surface area contributed by atoms with Crippen LogP contribution in [0.15, 0.2) is 0 Å². The second kappa shape index (κ2) is 7.18. The smallest absolute Gasteiger partial charge is 0.221 e. The summed E-state index contributed by atoms with van der Waals surface area (Å²) in [5.74, 6) is 0.867. The Balaban J connectivity index is 2.41. The quantitative estimate of drug-likeness (QED) is 0.556. The van der Waals surface area contributed by atoms with E-state index in [1.54, 1.807) is 7.11 Å². The summed E-state index contributed by atoms with van der Waals surface area (Å²) in [4.78, 5) is 11.5. The molecule has 0 atom stereocenters. The van der Waals surface area contributed by atoms with Gasteiger partial charge in [0.05, 0.1) is 6.61 Å². The average Bonchev–Trinajstić information content (AvgIpc) is 2.67. The van der Waals surface area contributed by atoms with E-state index in [1.165, 1.54) is 0 Å². The number of ether oxygens (including phenoxy) is 1. The molecule has 6 nitrogen and oxygen atoms in total. The lowest BCUT2D eigenvalue weighted by Crippen LogP contribution is -2.27.